The van der Waals surface area contributed by atoms with Crippen LogP contribution >= 0.6 is 0 Å². The summed E-state index contributed by atoms with van der Waals surface area (Å²) >= 11 is 0. The fourth-order valence-corrected chi connectivity index (χ4v) is 2.62. The lowest BCUT2D eigenvalue weighted by Crippen LogP contribution is -2.39. The number of sulfonamides is 1. The van der Waals surface area contributed by atoms with Gasteiger partial charge in [-0.3, -0.25) is 0 Å². The van der Waals surface area contributed by atoms with Crippen molar-refractivity contribution in [1.29, 1.82) is 0 Å². The second kappa shape index (κ2) is 7.52. The Morgan fingerprint density at radius 3 is 2.17 bits per heavy atom. The Hall–Kier alpha value is -2.29. The van der Waals surface area contributed by atoms with Crippen molar-refractivity contribution < 1.29 is 27.5 Å². The van der Waals surface area contributed by atoms with Gasteiger partial charge < -0.3 is 14.4 Å². The van der Waals surface area contributed by atoms with E-state index >= 15 is 0 Å². The third-order valence-corrected chi connectivity index (χ3v) is 4.24. The Morgan fingerprint density at radius 2 is 1.71 bits per heavy atom. The number of rotatable bonds is 6. The lowest BCUT2D eigenvalue weighted by molar-refractivity contribution is -0.158. The second-order valence-electron chi connectivity index (χ2n) is 5.61. The maximum absolute atomic E-state index is 12.1. The van der Waals surface area contributed by atoms with Crippen LogP contribution < -0.4 is 9.46 Å². The van der Waals surface area contributed by atoms with E-state index in [-0.39, 0.29) is 11.5 Å². The highest BCUT2D eigenvalue weighted by Crippen LogP contribution is 2.21. The summed E-state index contributed by atoms with van der Waals surface area (Å²) in [5, 5.41) is 0. The Balaban J connectivity index is 2.90. The summed E-state index contributed by atoms with van der Waals surface area (Å²) in [6.45, 7) is 5.02. The number of hydrogen-bond donors (Lipinski definition) is 1. The molecule has 0 aliphatic rings. The predicted molar refractivity (Wildman–Crippen MR) is 87.2 cm³/mol. The summed E-state index contributed by atoms with van der Waals surface area (Å²) in [7, 11) is -1.12. The molecule has 1 N–H and O–H groups in total. The summed E-state index contributed by atoms with van der Waals surface area (Å²) < 4.78 is 36.5. The number of nitrogens with one attached hydrogen (secondary N) is 1. The van der Waals surface area contributed by atoms with E-state index in [1.165, 1.54) is 38.4 Å². The molecule has 1 aromatic rings. The van der Waals surface area contributed by atoms with Gasteiger partial charge in [0, 0.05) is 14.1 Å². The van der Waals surface area contributed by atoms with E-state index in [2.05, 4.69) is 0 Å². The smallest absolute Gasteiger partial charge is 0.349 e. The van der Waals surface area contributed by atoms with Crippen LogP contribution in [-0.4, -0.2) is 51.6 Å². The molecule has 1 aromatic carbocycles. The van der Waals surface area contributed by atoms with Crippen molar-refractivity contribution in [1.82, 2.24) is 9.62 Å². The quantitative estimate of drug-likeness (QED) is 0.771. The average Bonchev–Trinajstić information content (AvgIpc) is 2.47. The highest BCUT2D eigenvalue weighted by Gasteiger charge is 2.31. The molecular formula is C15H22N2O6S. The van der Waals surface area contributed by atoms with Gasteiger partial charge in [-0.05, 0) is 45.0 Å². The predicted octanol–water partition coefficient (Wildman–Crippen LogP) is 1.37. The zero-order valence-electron chi connectivity index (χ0n) is 14.3. The molecule has 0 heterocycles. The molecule has 0 aliphatic heterocycles. The van der Waals surface area contributed by atoms with Crippen molar-refractivity contribution in [3.05, 3.63) is 24.3 Å². The minimum atomic E-state index is -3.98. The number of ether oxygens (including phenoxy) is 2. The monoisotopic (exact) mass is 358 g/mol. The molecule has 1 rings (SSSR count). The third kappa shape index (κ3) is 5.12. The Kier molecular flexibility index (Phi) is 6.19. The first-order valence-electron chi connectivity index (χ1n) is 7.20. The van der Waals surface area contributed by atoms with Gasteiger partial charge in [0.2, 0.25) is 0 Å². The number of esters is 1. The van der Waals surface area contributed by atoms with Gasteiger partial charge in [-0.1, -0.05) is 0 Å². The van der Waals surface area contributed by atoms with Crippen LogP contribution in [0.5, 0.6) is 5.75 Å². The first-order chi connectivity index (χ1) is 11.0. The molecule has 0 bridgehead atoms. The summed E-state index contributed by atoms with van der Waals surface area (Å²) in [5.74, 6) is -0.231. The van der Waals surface area contributed by atoms with E-state index in [0.29, 0.717) is 5.75 Å². The number of carbonyl (C=O) groups is 2. The van der Waals surface area contributed by atoms with Crippen LogP contribution in [0.4, 0.5) is 4.79 Å². The van der Waals surface area contributed by atoms with Gasteiger partial charge in [0.25, 0.3) is 10.0 Å². The largest absolute Gasteiger partial charge is 0.476 e. The first-order valence-corrected chi connectivity index (χ1v) is 8.68. The number of carbonyl (C=O) groups excluding carboxylic acids is 2. The van der Waals surface area contributed by atoms with Crippen LogP contribution in [0.25, 0.3) is 0 Å². The Morgan fingerprint density at radius 1 is 1.17 bits per heavy atom. The van der Waals surface area contributed by atoms with E-state index in [1.54, 1.807) is 20.8 Å². The zero-order valence-corrected chi connectivity index (χ0v) is 15.1. The van der Waals surface area contributed by atoms with Crippen LogP contribution in [0, 0.1) is 0 Å². The van der Waals surface area contributed by atoms with E-state index in [0.717, 1.165) is 4.90 Å². The van der Waals surface area contributed by atoms with E-state index < -0.39 is 27.6 Å². The maximum atomic E-state index is 12.1. The number of amides is 2. The second-order valence-corrected chi connectivity index (χ2v) is 7.29. The summed E-state index contributed by atoms with van der Waals surface area (Å²) in [5.41, 5.74) is -1.21. The zero-order chi connectivity index (χ0) is 18.5. The van der Waals surface area contributed by atoms with Gasteiger partial charge in [0.15, 0.2) is 5.60 Å². The minimum Gasteiger partial charge on any atom is -0.476 e. The molecule has 134 valence electrons. The lowest BCUT2D eigenvalue weighted by Gasteiger charge is -2.24. The van der Waals surface area contributed by atoms with Gasteiger partial charge in [-0.15, -0.1) is 0 Å². The number of urea groups is 1. The third-order valence-electron chi connectivity index (χ3n) is 2.90. The molecule has 0 radical (unpaired) electrons. The fourth-order valence-electron chi connectivity index (χ4n) is 1.59. The molecule has 2 amide bonds. The molecule has 9 heteroatoms. The normalized spacial score (nSPS) is 11.5. The van der Waals surface area contributed by atoms with Crippen LogP contribution in [0.1, 0.15) is 20.8 Å². The molecule has 0 saturated carbocycles. The molecule has 24 heavy (non-hydrogen) atoms. The summed E-state index contributed by atoms with van der Waals surface area (Å²) in [6.07, 6.45) is 0. The van der Waals surface area contributed by atoms with Gasteiger partial charge in [0.1, 0.15) is 5.75 Å². The van der Waals surface area contributed by atoms with Gasteiger partial charge in [-0.2, -0.15) is 0 Å². The van der Waals surface area contributed by atoms with Crippen LogP contribution in [-0.2, 0) is 19.6 Å². The van der Waals surface area contributed by atoms with Crippen LogP contribution in [0.2, 0.25) is 0 Å². The van der Waals surface area contributed by atoms with Crippen molar-refractivity contribution in [2.24, 2.45) is 0 Å². The molecule has 0 atom stereocenters. The number of hydrogen-bond acceptors (Lipinski definition) is 6. The van der Waals surface area contributed by atoms with Crippen molar-refractivity contribution in [2.75, 3.05) is 20.7 Å². The lowest BCUT2D eigenvalue weighted by atomic mass is 10.1. The SMILES string of the molecule is CCOC(=O)C(C)(C)Oc1ccc(S(=O)(=O)NC(=O)N(C)C)cc1. The fraction of sp³-hybridized carbons (Fsp3) is 0.467. The molecule has 0 aliphatic carbocycles. The van der Waals surface area contributed by atoms with E-state index in [9.17, 15) is 18.0 Å². The van der Waals surface area contributed by atoms with Crippen molar-refractivity contribution in [3.8, 4) is 5.75 Å². The van der Waals surface area contributed by atoms with Gasteiger partial charge >= 0.3 is 12.0 Å². The topological polar surface area (TPSA) is 102 Å². The van der Waals surface area contributed by atoms with Crippen molar-refractivity contribution >= 4 is 22.0 Å². The molecule has 0 saturated heterocycles. The Labute approximate surface area is 141 Å². The average molecular weight is 358 g/mol. The molecule has 0 unspecified atom stereocenters. The Bertz CT molecular complexity index is 695. The standard InChI is InChI=1S/C15H22N2O6S/c1-6-22-13(18)15(2,3)23-11-7-9-12(10-8-11)24(20,21)16-14(19)17(4)5/h7-10H,6H2,1-5H3,(H,16,19). The molecule has 0 aromatic heterocycles. The molecule has 0 fully saturated rings. The van der Waals surface area contributed by atoms with Crippen LogP contribution in [0.15, 0.2) is 29.2 Å². The van der Waals surface area contributed by atoms with Gasteiger partial charge in [-0.25, -0.2) is 22.7 Å². The molecule has 8 nitrogen and oxygen atoms in total. The van der Waals surface area contributed by atoms with E-state index in [1.807, 2.05) is 4.72 Å². The number of nitrogens with zero attached hydrogens (tertiary/aromatic N) is 1. The summed E-state index contributed by atoms with van der Waals surface area (Å²) in [6, 6.07) is 4.61. The van der Waals surface area contributed by atoms with Crippen LogP contribution in [0.3, 0.4) is 0 Å². The molecular weight excluding hydrogens is 336 g/mol. The maximum Gasteiger partial charge on any atom is 0.349 e. The first kappa shape index (κ1) is 19.8. The highest BCUT2D eigenvalue weighted by molar-refractivity contribution is 7.90. The summed E-state index contributed by atoms with van der Waals surface area (Å²) in [4.78, 5) is 24.3. The highest BCUT2D eigenvalue weighted by atomic mass is 32.2. The van der Waals surface area contributed by atoms with Gasteiger partial charge in [0.05, 0.1) is 11.5 Å². The van der Waals surface area contributed by atoms with E-state index in [4.69, 9.17) is 9.47 Å². The van der Waals surface area contributed by atoms with Crippen molar-refractivity contribution in [3.63, 3.8) is 0 Å². The number of benzene rings is 1. The minimum absolute atomic E-state index is 0.0982. The van der Waals surface area contributed by atoms with Crippen molar-refractivity contribution in [2.45, 2.75) is 31.3 Å². The molecule has 0 spiro atoms.